The highest BCUT2D eigenvalue weighted by Crippen LogP contribution is 2.26. The number of hydrogen-bond acceptors (Lipinski definition) is 11. The second-order valence-corrected chi connectivity index (χ2v) is 19.3. The van der Waals surface area contributed by atoms with E-state index < -0.39 is 78.5 Å². The molecule has 8 atom stereocenters. The van der Waals surface area contributed by atoms with Crippen LogP contribution >= 0.6 is 0 Å². The molecule has 7 N–H and O–H groups in total. The molecule has 0 aromatic rings. The van der Waals surface area contributed by atoms with Gasteiger partial charge < -0.3 is 40.3 Å². The van der Waals surface area contributed by atoms with Gasteiger partial charge in [-0.2, -0.15) is 8.42 Å². The van der Waals surface area contributed by atoms with Crippen molar-refractivity contribution in [3.05, 3.63) is 36.5 Å². The lowest BCUT2D eigenvalue weighted by Gasteiger charge is -2.41. The van der Waals surface area contributed by atoms with Crippen LogP contribution in [0.25, 0.3) is 0 Å². The minimum Gasteiger partial charge on any atom is -0.394 e. The molecule has 1 saturated heterocycles. The number of aliphatic hydroxyl groups excluding tert-OH is 5. The summed E-state index contributed by atoms with van der Waals surface area (Å²) in [7, 11) is -5.13. The molecule has 0 spiro atoms. The fourth-order valence-corrected chi connectivity index (χ4v) is 8.63. The zero-order chi connectivity index (χ0) is 47.8. The van der Waals surface area contributed by atoms with Crippen molar-refractivity contribution in [3.8, 4) is 0 Å². The first-order chi connectivity index (χ1) is 31.4. The van der Waals surface area contributed by atoms with E-state index in [4.69, 9.17) is 9.47 Å². The van der Waals surface area contributed by atoms with E-state index in [-0.39, 0.29) is 6.42 Å². The fraction of sp³-hybridized carbons (Fsp3) is 0.863. The fourth-order valence-electron chi connectivity index (χ4n) is 8.12. The zero-order valence-corrected chi connectivity index (χ0v) is 41.5. The number of aliphatic hydroxyl groups is 5. The van der Waals surface area contributed by atoms with Gasteiger partial charge in [-0.3, -0.25) is 9.35 Å². The molecule has 0 radical (unpaired) electrons. The third kappa shape index (κ3) is 33.4. The Bertz CT molecular complexity index is 1310. The molecule has 8 unspecified atom stereocenters. The van der Waals surface area contributed by atoms with Crippen LogP contribution in [0.2, 0.25) is 0 Å². The quantitative estimate of drug-likeness (QED) is 0.0173. The Hall–Kier alpha value is -1.72. The van der Waals surface area contributed by atoms with Crippen molar-refractivity contribution in [2.75, 3.05) is 13.2 Å². The molecule has 0 saturated carbocycles. The third-order valence-electron chi connectivity index (χ3n) is 12.3. The lowest BCUT2D eigenvalue weighted by molar-refractivity contribution is -0.298. The first kappa shape index (κ1) is 61.3. The molecule has 382 valence electrons. The smallest absolute Gasteiger partial charge is 0.394 e. The SMILES string of the molecule is CCCCCCCCCC/C=C\CCCCCCCCC(O)C(=O)NC(COC1OC(CO)C(O)C(OS(=O)(=O)O)C1O)C(O)/C=C/CC/C=C/CCCCCCCCCCCCCC. The molecular formula is C51H95NO12S. The van der Waals surface area contributed by atoms with Crippen LogP contribution in [0.5, 0.6) is 0 Å². The van der Waals surface area contributed by atoms with Gasteiger partial charge in [-0.1, -0.05) is 198 Å². The first-order valence-corrected chi connectivity index (χ1v) is 27.3. The van der Waals surface area contributed by atoms with Crippen LogP contribution in [0.3, 0.4) is 0 Å². The molecule has 65 heavy (non-hydrogen) atoms. The summed E-state index contributed by atoms with van der Waals surface area (Å²) < 4.78 is 47.6. The predicted molar refractivity (Wildman–Crippen MR) is 261 cm³/mol. The Kier molecular flexibility index (Phi) is 38.9. The summed E-state index contributed by atoms with van der Waals surface area (Å²) in [5.41, 5.74) is 0. The van der Waals surface area contributed by atoms with E-state index in [0.717, 1.165) is 64.2 Å². The summed E-state index contributed by atoms with van der Waals surface area (Å²) >= 11 is 0. The number of allylic oxidation sites excluding steroid dienone is 5. The Morgan fingerprint density at radius 3 is 1.48 bits per heavy atom. The molecule has 1 rings (SSSR count). The molecule has 1 amide bonds. The van der Waals surface area contributed by atoms with Crippen LogP contribution in [0.15, 0.2) is 36.5 Å². The number of ether oxygens (including phenoxy) is 2. The van der Waals surface area contributed by atoms with Crippen molar-refractivity contribution in [1.82, 2.24) is 5.32 Å². The van der Waals surface area contributed by atoms with E-state index >= 15 is 0 Å². The predicted octanol–water partition coefficient (Wildman–Crippen LogP) is 10.0. The molecule has 0 aromatic heterocycles. The lowest BCUT2D eigenvalue weighted by Crippen LogP contribution is -2.61. The van der Waals surface area contributed by atoms with Crippen molar-refractivity contribution in [2.24, 2.45) is 0 Å². The maximum absolute atomic E-state index is 13.2. The van der Waals surface area contributed by atoms with Gasteiger partial charge in [-0.25, -0.2) is 4.18 Å². The van der Waals surface area contributed by atoms with Crippen LogP contribution in [0, 0.1) is 0 Å². The van der Waals surface area contributed by atoms with Gasteiger partial charge in [0, 0.05) is 0 Å². The summed E-state index contributed by atoms with van der Waals surface area (Å²) in [6, 6.07) is -1.14. The maximum Gasteiger partial charge on any atom is 0.397 e. The van der Waals surface area contributed by atoms with Gasteiger partial charge in [0.1, 0.15) is 30.5 Å². The second-order valence-electron chi connectivity index (χ2n) is 18.2. The number of nitrogens with one attached hydrogen (secondary N) is 1. The van der Waals surface area contributed by atoms with Gasteiger partial charge in [0.2, 0.25) is 5.91 Å². The first-order valence-electron chi connectivity index (χ1n) is 26.0. The summed E-state index contributed by atoms with van der Waals surface area (Å²) in [5.74, 6) is -0.716. The Morgan fingerprint density at radius 2 is 1.03 bits per heavy atom. The van der Waals surface area contributed by atoms with Crippen molar-refractivity contribution < 1.29 is 57.0 Å². The molecule has 0 bridgehead atoms. The summed E-state index contributed by atoms with van der Waals surface area (Å²) in [6.07, 6.45) is 37.9. The number of hydrogen-bond donors (Lipinski definition) is 7. The Morgan fingerprint density at radius 1 is 0.615 bits per heavy atom. The summed E-state index contributed by atoms with van der Waals surface area (Å²) in [6.45, 7) is 3.22. The average Bonchev–Trinajstić information content (AvgIpc) is 3.28. The van der Waals surface area contributed by atoms with Gasteiger partial charge in [0.25, 0.3) is 0 Å². The number of carbonyl (C=O) groups is 1. The largest absolute Gasteiger partial charge is 0.397 e. The summed E-state index contributed by atoms with van der Waals surface area (Å²) in [5, 5.41) is 55.3. The van der Waals surface area contributed by atoms with Crippen molar-refractivity contribution in [3.63, 3.8) is 0 Å². The van der Waals surface area contributed by atoms with Crippen LogP contribution in [-0.2, 0) is 28.9 Å². The molecule has 0 aromatic carbocycles. The lowest BCUT2D eigenvalue weighted by atomic mass is 9.99. The van der Waals surface area contributed by atoms with E-state index in [1.54, 1.807) is 6.08 Å². The minimum atomic E-state index is -5.13. The summed E-state index contributed by atoms with van der Waals surface area (Å²) in [4.78, 5) is 13.2. The van der Waals surface area contributed by atoms with E-state index in [1.807, 2.05) is 0 Å². The van der Waals surface area contributed by atoms with Crippen molar-refractivity contribution in [2.45, 2.75) is 268 Å². The van der Waals surface area contributed by atoms with Crippen LogP contribution in [0.1, 0.15) is 219 Å². The molecule has 13 nitrogen and oxygen atoms in total. The molecule has 1 aliphatic rings. The monoisotopic (exact) mass is 946 g/mol. The normalized spacial score (nSPS) is 20.9. The molecular weight excluding hydrogens is 851 g/mol. The van der Waals surface area contributed by atoms with E-state index in [1.165, 1.54) is 128 Å². The van der Waals surface area contributed by atoms with E-state index in [2.05, 4.69) is 47.7 Å². The van der Waals surface area contributed by atoms with Gasteiger partial charge in [-0.05, 0) is 57.8 Å². The zero-order valence-electron chi connectivity index (χ0n) is 40.7. The third-order valence-corrected chi connectivity index (χ3v) is 12.7. The number of carbonyl (C=O) groups excluding carboxylic acids is 1. The maximum atomic E-state index is 13.2. The molecule has 1 fully saturated rings. The van der Waals surface area contributed by atoms with Crippen LogP contribution in [0.4, 0.5) is 0 Å². The van der Waals surface area contributed by atoms with Gasteiger partial charge in [0.05, 0.1) is 25.4 Å². The van der Waals surface area contributed by atoms with E-state index in [9.17, 15) is 43.3 Å². The Labute approximate surface area is 395 Å². The van der Waals surface area contributed by atoms with Crippen molar-refractivity contribution >= 4 is 16.3 Å². The standard InChI is InChI=1S/C51H95NO12S/c1-3-5-7-9-11-13-15-17-19-21-23-25-27-29-31-33-35-37-39-44(54)43(42-62-51-48(57)49(64-65(59,60)61)47(56)46(41-53)63-51)52-50(58)45(55)40-38-36-34-32-30-28-26-24-22-20-18-16-14-12-10-8-6-4-2/h22,24,29,31,37,39,43-49,51,53-57H,3-21,23,25-28,30,32-36,38,40-42H2,1-2H3,(H,52,58)(H,59,60,61)/b24-22-,31-29+,39-37+. The number of unbranched alkanes of at least 4 members (excludes halogenated alkanes) is 27. The highest BCUT2D eigenvalue weighted by atomic mass is 32.3. The minimum absolute atomic E-state index is 0.230. The topological polar surface area (TPSA) is 212 Å². The number of rotatable bonds is 44. The molecule has 1 heterocycles. The van der Waals surface area contributed by atoms with Crippen molar-refractivity contribution in [1.29, 1.82) is 0 Å². The highest BCUT2D eigenvalue weighted by Gasteiger charge is 2.48. The van der Waals surface area contributed by atoms with Gasteiger partial charge in [-0.15, -0.1) is 0 Å². The second kappa shape index (κ2) is 41.3. The van der Waals surface area contributed by atoms with Crippen LogP contribution in [-0.4, -0.2) is 107 Å². The molecule has 14 heteroatoms. The number of amides is 1. The molecule has 1 aliphatic heterocycles. The van der Waals surface area contributed by atoms with Crippen LogP contribution < -0.4 is 5.32 Å². The van der Waals surface area contributed by atoms with Gasteiger partial charge in [0.15, 0.2) is 6.29 Å². The molecule has 0 aliphatic carbocycles. The highest BCUT2D eigenvalue weighted by molar-refractivity contribution is 7.80. The van der Waals surface area contributed by atoms with Gasteiger partial charge >= 0.3 is 10.4 Å². The van der Waals surface area contributed by atoms with E-state index in [0.29, 0.717) is 12.8 Å². The average molecular weight is 946 g/mol. The Balaban J connectivity index is 2.55.